The number of rotatable bonds is 6. The molecule has 1 saturated heterocycles. The fraction of sp³-hybridized carbons (Fsp3) is 0.421. The summed E-state index contributed by atoms with van der Waals surface area (Å²) in [6.45, 7) is 4.40. The molecule has 0 unspecified atom stereocenters. The molecule has 2 aromatic rings. The molecule has 0 aliphatic carbocycles. The standard InChI is InChI=1S/C19H23N3O4/c1-12-15(13(2)26-21-12)7-9-18(23)20-14-6-8-16(17(11-14)25-3)22-10-4-5-19(22)24/h6,8,11H,4-5,7,9-10H2,1-3H3,(H,20,23). The van der Waals surface area contributed by atoms with Gasteiger partial charge in [-0.15, -0.1) is 0 Å². The maximum Gasteiger partial charge on any atom is 0.227 e. The van der Waals surface area contributed by atoms with Crippen LogP contribution in [0.4, 0.5) is 11.4 Å². The smallest absolute Gasteiger partial charge is 0.227 e. The number of carbonyl (C=O) groups excluding carboxylic acids is 2. The predicted molar refractivity (Wildman–Crippen MR) is 97.5 cm³/mol. The molecule has 0 saturated carbocycles. The molecule has 7 nitrogen and oxygen atoms in total. The van der Waals surface area contributed by atoms with Crippen LogP contribution in [0, 0.1) is 13.8 Å². The van der Waals surface area contributed by atoms with Crippen LogP contribution >= 0.6 is 0 Å². The number of hydrogen-bond acceptors (Lipinski definition) is 5. The van der Waals surface area contributed by atoms with Gasteiger partial charge in [-0.2, -0.15) is 0 Å². The lowest BCUT2D eigenvalue weighted by Crippen LogP contribution is -2.24. The van der Waals surface area contributed by atoms with Crippen molar-refractivity contribution in [1.82, 2.24) is 5.16 Å². The van der Waals surface area contributed by atoms with Crippen molar-refractivity contribution in [2.45, 2.75) is 39.5 Å². The van der Waals surface area contributed by atoms with E-state index >= 15 is 0 Å². The normalized spacial score (nSPS) is 14.0. The molecule has 2 amide bonds. The highest BCUT2D eigenvalue weighted by molar-refractivity contribution is 5.98. The molecule has 1 aliphatic heterocycles. The Balaban J connectivity index is 1.66. The Morgan fingerprint density at radius 3 is 2.81 bits per heavy atom. The third kappa shape index (κ3) is 3.71. The first kappa shape index (κ1) is 18.0. The van der Waals surface area contributed by atoms with Crippen molar-refractivity contribution in [1.29, 1.82) is 0 Å². The molecular formula is C19H23N3O4. The molecule has 0 atom stereocenters. The summed E-state index contributed by atoms with van der Waals surface area (Å²) in [6.07, 6.45) is 2.31. The van der Waals surface area contributed by atoms with Gasteiger partial charge in [0, 0.05) is 36.7 Å². The van der Waals surface area contributed by atoms with Crippen LogP contribution in [0.5, 0.6) is 5.75 Å². The zero-order valence-electron chi connectivity index (χ0n) is 15.3. The summed E-state index contributed by atoms with van der Waals surface area (Å²) in [6, 6.07) is 5.35. The van der Waals surface area contributed by atoms with Crippen molar-refractivity contribution >= 4 is 23.2 Å². The number of carbonyl (C=O) groups is 2. The molecular weight excluding hydrogens is 334 g/mol. The Bertz CT molecular complexity index is 809. The number of methoxy groups -OCH3 is 1. The van der Waals surface area contributed by atoms with Gasteiger partial charge in [0.2, 0.25) is 11.8 Å². The second kappa shape index (κ2) is 7.59. The predicted octanol–water partition coefficient (Wildman–Crippen LogP) is 3.00. The van der Waals surface area contributed by atoms with Crippen LogP contribution in [0.1, 0.15) is 36.3 Å². The van der Waals surface area contributed by atoms with E-state index < -0.39 is 0 Å². The van der Waals surface area contributed by atoms with E-state index in [4.69, 9.17) is 9.26 Å². The topological polar surface area (TPSA) is 84.7 Å². The van der Waals surface area contributed by atoms with Gasteiger partial charge in [-0.25, -0.2) is 0 Å². The number of anilines is 2. The van der Waals surface area contributed by atoms with Gasteiger partial charge in [-0.3, -0.25) is 9.59 Å². The van der Waals surface area contributed by atoms with Gasteiger partial charge in [0.15, 0.2) is 0 Å². The van der Waals surface area contributed by atoms with Crippen molar-refractivity contribution in [3.63, 3.8) is 0 Å². The van der Waals surface area contributed by atoms with Crippen molar-refractivity contribution in [2.75, 3.05) is 23.9 Å². The minimum atomic E-state index is -0.1000. The van der Waals surface area contributed by atoms with Crippen LogP contribution in [-0.2, 0) is 16.0 Å². The monoisotopic (exact) mass is 357 g/mol. The lowest BCUT2D eigenvalue weighted by Gasteiger charge is -2.19. The third-order valence-corrected chi connectivity index (χ3v) is 4.61. The molecule has 138 valence electrons. The van der Waals surface area contributed by atoms with Gasteiger partial charge in [0.05, 0.1) is 18.5 Å². The van der Waals surface area contributed by atoms with E-state index in [0.717, 1.165) is 29.1 Å². The Kier molecular flexibility index (Phi) is 5.25. The van der Waals surface area contributed by atoms with Gasteiger partial charge in [-0.05, 0) is 38.8 Å². The quantitative estimate of drug-likeness (QED) is 0.859. The molecule has 7 heteroatoms. The van der Waals surface area contributed by atoms with Crippen LogP contribution in [0.3, 0.4) is 0 Å². The van der Waals surface area contributed by atoms with Crippen molar-refractivity contribution in [2.24, 2.45) is 0 Å². The van der Waals surface area contributed by atoms with Crippen LogP contribution in [0.2, 0.25) is 0 Å². The molecule has 0 bridgehead atoms. The van der Waals surface area contributed by atoms with E-state index in [1.165, 1.54) is 0 Å². The number of aromatic nitrogens is 1. The highest BCUT2D eigenvalue weighted by Crippen LogP contribution is 2.33. The van der Waals surface area contributed by atoms with E-state index in [-0.39, 0.29) is 11.8 Å². The molecule has 1 fully saturated rings. The molecule has 1 N–H and O–H groups in total. The zero-order valence-corrected chi connectivity index (χ0v) is 15.3. The van der Waals surface area contributed by atoms with Crippen LogP contribution in [0.25, 0.3) is 0 Å². The number of benzene rings is 1. The van der Waals surface area contributed by atoms with Gasteiger partial charge in [-0.1, -0.05) is 5.16 Å². The van der Waals surface area contributed by atoms with Crippen molar-refractivity contribution < 1.29 is 18.8 Å². The number of aryl methyl sites for hydroxylation is 2. The molecule has 26 heavy (non-hydrogen) atoms. The van der Waals surface area contributed by atoms with Gasteiger partial charge >= 0.3 is 0 Å². The Labute approximate surface area is 152 Å². The highest BCUT2D eigenvalue weighted by atomic mass is 16.5. The molecule has 1 aromatic heterocycles. The molecule has 3 rings (SSSR count). The molecule has 1 aromatic carbocycles. The zero-order chi connectivity index (χ0) is 18.7. The lowest BCUT2D eigenvalue weighted by molar-refractivity contribution is -0.117. The first-order valence-electron chi connectivity index (χ1n) is 8.69. The van der Waals surface area contributed by atoms with Gasteiger partial charge < -0.3 is 19.5 Å². The minimum Gasteiger partial charge on any atom is -0.494 e. The SMILES string of the molecule is COc1cc(NC(=O)CCc2c(C)noc2C)ccc1N1CCCC1=O. The Morgan fingerprint density at radius 2 is 2.19 bits per heavy atom. The largest absolute Gasteiger partial charge is 0.494 e. The molecule has 2 heterocycles. The first-order chi connectivity index (χ1) is 12.5. The number of nitrogens with zero attached hydrogens (tertiary/aromatic N) is 2. The van der Waals surface area contributed by atoms with E-state index in [9.17, 15) is 9.59 Å². The second-order valence-electron chi connectivity index (χ2n) is 6.39. The average molecular weight is 357 g/mol. The highest BCUT2D eigenvalue weighted by Gasteiger charge is 2.24. The van der Waals surface area contributed by atoms with Crippen LogP contribution in [0.15, 0.2) is 22.7 Å². The van der Waals surface area contributed by atoms with Crippen molar-refractivity contribution in [3.8, 4) is 5.75 Å². The molecule has 0 radical (unpaired) electrons. The van der Waals surface area contributed by atoms with E-state index in [2.05, 4.69) is 10.5 Å². The van der Waals surface area contributed by atoms with Gasteiger partial charge in [0.1, 0.15) is 11.5 Å². The summed E-state index contributed by atoms with van der Waals surface area (Å²) in [7, 11) is 1.56. The van der Waals surface area contributed by atoms with Crippen LogP contribution < -0.4 is 15.0 Å². The summed E-state index contributed by atoms with van der Waals surface area (Å²) in [5.41, 5.74) is 3.17. The fourth-order valence-electron chi connectivity index (χ4n) is 3.20. The minimum absolute atomic E-state index is 0.0968. The Morgan fingerprint density at radius 1 is 1.38 bits per heavy atom. The number of amides is 2. The first-order valence-corrected chi connectivity index (χ1v) is 8.69. The summed E-state index contributed by atoms with van der Waals surface area (Å²) >= 11 is 0. The lowest BCUT2D eigenvalue weighted by atomic mass is 10.1. The third-order valence-electron chi connectivity index (χ3n) is 4.61. The van der Waals surface area contributed by atoms with Crippen LogP contribution in [-0.4, -0.2) is 30.6 Å². The van der Waals surface area contributed by atoms with E-state index in [0.29, 0.717) is 37.2 Å². The summed E-state index contributed by atoms with van der Waals surface area (Å²) in [5.74, 6) is 1.32. The summed E-state index contributed by atoms with van der Waals surface area (Å²) in [4.78, 5) is 25.9. The average Bonchev–Trinajstić information content (AvgIpc) is 3.18. The Hall–Kier alpha value is -2.83. The number of ether oxygens (including phenoxy) is 1. The molecule has 1 aliphatic rings. The number of hydrogen-bond donors (Lipinski definition) is 1. The maximum atomic E-state index is 12.3. The fourth-order valence-corrected chi connectivity index (χ4v) is 3.20. The van der Waals surface area contributed by atoms with E-state index in [1.807, 2.05) is 19.9 Å². The summed E-state index contributed by atoms with van der Waals surface area (Å²) in [5, 5.41) is 6.77. The maximum absolute atomic E-state index is 12.3. The second-order valence-corrected chi connectivity index (χ2v) is 6.39. The van der Waals surface area contributed by atoms with E-state index in [1.54, 1.807) is 24.1 Å². The number of nitrogens with one attached hydrogen (secondary N) is 1. The molecule has 0 spiro atoms. The van der Waals surface area contributed by atoms with Gasteiger partial charge in [0.25, 0.3) is 0 Å². The van der Waals surface area contributed by atoms with Crippen molar-refractivity contribution in [3.05, 3.63) is 35.2 Å². The summed E-state index contributed by atoms with van der Waals surface area (Å²) < 4.78 is 10.5.